The van der Waals surface area contributed by atoms with Crippen molar-refractivity contribution in [2.45, 2.75) is 38.7 Å². The number of rotatable bonds is 4. The molecule has 3 atom stereocenters. The van der Waals surface area contributed by atoms with Crippen LogP contribution in [0.4, 0.5) is 0 Å². The molecule has 0 aromatic carbocycles. The molecule has 0 aromatic heterocycles. The molecule has 2 fully saturated rings. The molecule has 0 saturated carbocycles. The Labute approximate surface area is 99.3 Å². The van der Waals surface area contributed by atoms with Crippen LogP contribution in [0.2, 0.25) is 0 Å². The van der Waals surface area contributed by atoms with Crippen LogP contribution in [-0.2, 0) is 4.74 Å². The fourth-order valence-corrected chi connectivity index (χ4v) is 3.03. The first-order valence-electron chi connectivity index (χ1n) is 6.83. The van der Waals surface area contributed by atoms with E-state index in [1.807, 2.05) is 0 Å². The highest BCUT2D eigenvalue weighted by molar-refractivity contribution is 4.79. The van der Waals surface area contributed by atoms with Crippen molar-refractivity contribution in [2.24, 2.45) is 17.6 Å². The lowest BCUT2D eigenvalue weighted by molar-refractivity contribution is 0.0755. The van der Waals surface area contributed by atoms with Crippen LogP contribution in [0.5, 0.6) is 0 Å². The van der Waals surface area contributed by atoms with E-state index in [4.69, 9.17) is 10.5 Å². The highest BCUT2D eigenvalue weighted by Gasteiger charge is 2.25. The molecule has 2 N–H and O–H groups in total. The van der Waals surface area contributed by atoms with Gasteiger partial charge >= 0.3 is 0 Å². The van der Waals surface area contributed by atoms with Gasteiger partial charge in [-0.05, 0) is 50.6 Å². The zero-order chi connectivity index (χ0) is 11.4. The fraction of sp³-hybridized carbons (Fsp3) is 1.00. The van der Waals surface area contributed by atoms with Crippen molar-refractivity contribution in [2.75, 3.05) is 32.8 Å². The monoisotopic (exact) mass is 226 g/mol. The predicted octanol–water partition coefficient (Wildman–Crippen LogP) is 1.47. The van der Waals surface area contributed by atoms with Crippen LogP contribution < -0.4 is 5.73 Å². The van der Waals surface area contributed by atoms with Crippen LogP contribution in [0, 0.1) is 11.8 Å². The topological polar surface area (TPSA) is 38.5 Å². The molecule has 3 nitrogen and oxygen atoms in total. The van der Waals surface area contributed by atoms with Gasteiger partial charge in [0.1, 0.15) is 0 Å². The van der Waals surface area contributed by atoms with E-state index in [2.05, 4.69) is 11.8 Å². The number of nitrogens with two attached hydrogens (primary N) is 1. The largest absolute Gasteiger partial charge is 0.378 e. The van der Waals surface area contributed by atoms with Crippen LogP contribution >= 0.6 is 0 Å². The molecule has 2 aliphatic heterocycles. The quantitative estimate of drug-likeness (QED) is 0.789. The molecule has 2 rings (SSSR count). The molecule has 3 heteroatoms. The number of hydrogen-bond acceptors (Lipinski definition) is 3. The Morgan fingerprint density at radius 2 is 2.25 bits per heavy atom. The van der Waals surface area contributed by atoms with Gasteiger partial charge in [0.15, 0.2) is 0 Å². The SMILES string of the molecule is CC1CN(CCC2CCCO2)CCC1CN. The summed E-state index contributed by atoms with van der Waals surface area (Å²) in [4.78, 5) is 2.60. The van der Waals surface area contributed by atoms with E-state index in [0.717, 1.165) is 25.0 Å². The fourth-order valence-electron chi connectivity index (χ4n) is 3.03. The minimum absolute atomic E-state index is 0.544. The van der Waals surface area contributed by atoms with Gasteiger partial charge in [-0.25, -0.2) is 0 Å². The van der Waals surface area contributed by atoms with Gasteiger partial charge in [-0.2, -0.15) is 0 Å². The first kappa shape index (κ1) is 12.3. The summed E-state index contributed by atoms with van der Waals surface area (Å²) in [6.07, 6.45) is 5.58. The maximum Gasteiger partial charge on any atom is 0.0588 e. The van der Waals surface area contributed by atoms with Crippen molar-refractivity contribution >= 4 is 0 Å². The van der Waals surface area contributed by atoms with E-state index < -0.39 is 0 Å². The van der Waals surface area contributed by atoms with Crippen molar-refractivity contribution in [1.29, 1.82) is 0 Å². The summed E-state index contributed by atoms with van der Waals surface area (Å²) in [5.41, 5.74) is 5.77. The molecule has 0 aromatic rings. The number of hydrogen-bond donors (Lipinski definition) is 1. The maximum atomic E-state index is 5.77. The Kier molecular flexibility index (Phi) is 4.62. The Morgan fingerprint density at radius 3 is 2.88 bits per heavy atom. The minimum atomic E-state index is 0.544. The summed E-state index contributed by atoms with van der Waals surface area (Å²) in [6.45, 7) is 7.87. The summed E-state index contributed by atoms with van der Waals surface area (Å²) in [5.74, 6) is 1.52. The van der Waals surface area contributed by atoms with E-state index in [9.17, 15) is 0 Å². The van der Waals surface area contributed by atoms with E-state index in [0.29, 0.717) is 6.10 Å². The lowest BCUT2D eigenvalue weighted by Gasteiger charge is -2.36. The lowest BCUT2D eigenvalue weighted by atomic mass is 9.87. The molecule has 0 aliphatic carbocycles. The predicted molar refractivity (Wildman–Crippen MR) is 66.4 cm³/mol. The van der Waals surface area contributed by atoms with Crippen molar-refractivity contribution in [3.8, 4) is 0 Å². The summed E-state index contributed by atoms with van der Waals surface area (Å²) < 4.78 is 5.67. The van der Waals surface area contributed by atoms with E-state index in [-0.39, 0.29) is 0 Å². The molecule has 16 heavy (non-hydrogen) atoms. The third kappa shape index (κ3) is 3.19. The summed E-state index contributed by atoms with van der Waals surface area (Å²) >= 11 is 0. The average Bonchev–Trinajstić information content (AvgIpc) is 2.79. The third-order valence-electron chi connectivity index (χ3n) is 4.26. The van der Waals surface area contributed by atoms with Gasteiger partial charge in [-0.15, -0.1) is 0 Å². The van der Waals surface area contributed by atoms with Gasteiger partial charge in [0, 0.05) is 19.7 Å². The van der Waals surface area contributed by atoms with E-state index in [1.54, 1.807) is 0 Å². The average molecular weight is 226 g/mol. The zero-order valence-electron chi connectivity index (χ0n) is 10.5. The second-order valence-corrected chi connectivity index (χ2v) is 5.49. The van der Waals surface area contributed by atoms with E-state index in [1.165, 1.54) is 45.3 Å². The summed E-state index contributed by atoms with van der Waals surface area (Å²) in [6, 6.07) is 0. The van der Waals surface area contributed by atoms with Gasteiger partial charge in [0.25, 0.3) is 0 Å². The van der Waals surface area contributed by atoms with Crippen molar-refractivity contribution in [1.82, 2.24) is 4.90 Å². The van der Waals surface area contributed by atoms with Gasteiger partial charge < -0.3 is 15.4 Å². The Morgan fingerprint density at radius 1 is 1.38 bits per heavy atom. The van der Waals surface area contributed by atoms with Crippen LogP contribution in [0.15, 0.2) is 0 Å². The van der Waals surface area contributed by atoms with Gasteiger partial charge in [-0.1, -0.05) is 6.92 Å². The third-order valence-corrected chi connectivity index (χ3v) is 4.26. The normalized spacial score (nSPS) is 36.8. The lowest BCUT2D eigenvalue weighted by Crippen LogP contribution is -2.42. The smallest absolute Gasteiger partial charge is 0.0588 e. The molecule has 2 saturated heterocycles. The molecule has 3 unspecified atom stereocenters. The van der Waals surface area contributed by atoms with Crippen molar-refractivity contribution in [3.63, 3.8) is 0 Å². The minimum Gasteiger partial charge on any atom is -0.378 e. The molecule has 94 valence electrons. The molecule has 2 aliphatic rings. The summed E-state index contributed by atoms with van der Waals surface area (Å²) in [5, 5.41) is 0. The van der Waals surface area contributed by atoms with Crippen molar-refractivity contribution < 1.29 is 4.74 Å². The molecule has 0 radical (unpaired) electrons. The molecular weight excluding hydrogens is 200 g/mol. The molecule has 0 amide bonds. The van der Waals surface area contributed by atoms with Gasteiger partial charge in [0.05, 0.1) is 6.10 Å². The molecule has 0 spiro atoms. The number of ether oxygens (including phenoxy) is 1. The van der Waals surface area contributed by atoms with Crippen LogP contribution in [0.1, 0.15) is 32.6 Å². The first-order valence-corrected chi connectivity index (χ1v) is 6.83. The number of likely N-dealkylation sites (tertiary alicyclic amines) is 1. The van der Waals surface area contributed by atoms with E-state index >= 15 is 0 Å². The number of nitrogens with zero attached hydrogens (tertiary/aromatic N) is 1. The zero-order valence-corrected chi connectivity index (χ0v) is 10.5. The molecular formula is C13H26N2O. The van der Waals surface area contributed by atoms with Crippen LogP contribution in [0.3, 0.4) is 0 Å². The standard InChI is InChI=1S/C13H26N2O/c1-11-10-15(6-4-12(11)9-14)7-5-13-3-2-8-16-13/h11-13H,2-10,14H2,1H3. The molecule has 2 heterocycles. The van der Waals surface area contributed by atoms with Crippen LogP contribution in [-0.4, -0.2) is 43.8 Å². The highest BCUT2D eigenvalue weighted by atomic mass is 16.5. The first-order chi connectivity index (χ1) is 7.79. The Hall–Kier alpha value is -0.120. The molecule has 0 bridgehead atoms. The maximum absolute atomic E-state index is 5.77. The highest BCUT2D eigenvalue weighted by Crippen LogP contribution is 2.23. The second kappa shape index (κ2) is 5.99. The van der Waals surface area contributed by atoms with Gasteiger partial charge in [0.2, 0.25) is 0 Å². The number of piperidine rings is 1. The Balaban J connectivity index is 1.67. The second-order valence-electron chi connectivity index (χ2n) is 5.49. The Bertz CT molecular complexity index is 204. The van der Waals surface area contributed by atoms with Crippen LogP contribution in [0.25, 0.3) is 0 Å². The van der Waals surface area contributed by atoms with Crippen molar-refractivity contribution in [3.05, 3.63) is 0 Å². The summed E-state index contributed by atoms with van der Waals surface area (Å²) in [7, 11) is 0. The van der Waals surface area contributed by atoms with Gasteiger partial charge in [-0.3, -0.25) is 0 Å².